The van der Waals surface area contributed by atoms with Crippen molar-refractivity contribution in [1.82, 2.24) is 10.2 Å². The molecule has 3 rings (SSSR count). The molecule has 0 unspecified atom stereocenters. The minimum absolute atomic E-state index is 0.180. The summed E-state index contributed by atoms with van der Waals surface area (Å²) in [5.74, 6) is 0.682. The maximum absolute atomic E-state index is 12.3. The Labute approximate surface area is 133 Å². The monoisotopic (exact) mass is 363 g/mol. The van der Waals surface area contributed by atoms with Crippen molar-refractivity contribution >= 4 is 38.9 Å². The molecule has 2 aromatic heterocycles. The van der Waals surface area contributed by atoms with Gasteiger partial charge in [-0.1, -0.05) is 12.1 Å². The van der Waals surface area contributed by atoms with Crippen LogP contribution in [-0.4, -0.2) is 16.1 Å². The number of para-hydroxylation sites is 1. The van der Waals surface area contributed by atoms with Gasteiger partial charge in [-0.25, -0.2) is 0 Å². The number of carbonyl (C=O) groups is 1. The molecule has 21 heavy (non-hydrogen) atoms. The first-order chi connectivity index (χ1) is 10.1. The SMILES string of the molecule is Cc1nnc(-c2ccccc2NC(=O)c2sccc2Br)o1. The number of amides is 1. The smallest absolute Gasteiger partial charge is 0.266 e. The summed E-state index contributed by atoms with van der Waals surface area (Å²) in [5.41, 5.74) is 1.32. The number of nitrogens with zero attached hydrogens (tertiary/aromatic N) is 2. The van der Waals surface area contributed by atoms with Crippen LogP contribution in [0.2, 0.25) is 0 Å². The summed E-state index contributed by atoms with van der Waals surface area (Å²) in [7, 11) is 0. The van der Waals surface area contributed by atoms with E-state index in [0.717, 1.165) is 4.47 Å². The van der Waals surface area contributed by atoms with E-state index in [1.54, 1.807) is 13.0 Å². The number of aromatic nitrogens is 2. The van der Waals surface area contributed by atoms with Gasteiger partial charge in [-0.3, -0.25) is 4.79 Å². The van der Waals surface area contributed by atoms with Gasteiger partial charge in [-0.2, -0.15) is 0 Å². The molecule has 2 heterocycles. The average molecular weight is 364 g/mol. The van der Waals surface area contributed by atoms with Gasteiger partial charge >= 0.3 is 0 Å². The third-order valence-corrected chi connectivity index (χ3v) is 4.59. The Balaban J connectivity index is 1.93. The molecule has 1 aromatic carbocycles. The maximum atomic E-state index is 12.3. The van der Waals surface area contributed by atoms with Gasteiger partial charge in [0.1, 0.15) is 4.88 Å². The van der Waals surface area contributed by atoms with Gasteiger partial charge in [0.25, 0.3) is 5.91 Å². The van der Waals surface area contributed by atoms with Crippen LogP contribution >= 0.6 is 27.3 Å². The minimum Gasteiger partial charge on any atom is -0.421 e. The Hall–Kier alpha value is -1.99. The lowest BCUT2D eigenvalue weighted by Crippen LogP contribution is -2.11. The maximum Gasteiger partial charge on any atom is 0.266 e. The fourth-order valence-corrected chi connectivity index (χ4v) is 3.27. The number of nitrogens with one attached hydrogen (secondary N) is 1. The number of anilines is 1. The molecular weight excluding hydrogens is 354 g/mol. The summed E-state index contributed by atoms with van der Waals surface area (Å²) in [5, 5.41) is 12.5. The Morgan fingerprint density at radius 1 is 1.29 bits per heavy atom. The highest BCUT2D eigenvalue weighted by molar-refractivity contribution is 9.10. The van der Waals surface area contributed by atoms with Crippen molar-refractivity contribution in [2.24, 2.45) is 0 Å². The molecule has 0 radical (unpaired) electrons. The van der Waals surface area contributed by atoms with Crippen molar-refractivity contribution in [1.29, 1.82) is 0 Å². The van der Waals surface area contributed by atoms with Crippen LogP contribution in [0.1, 0.15) is 15.6 Å². The van der Waals surface area contributed by atoms with Gasteiger partial charge in [0.05, 0.1) is 11.3 Å². The van der Waals surface area contributed by atoms with Crippen molar-refractivity contribution in [3.63, 3.8) is 0 Å². The quantitative estimate of drug-likeness (QED) is 0.759. The molecule has 1 N–H and O–H groups in total. The summed E-state index contributed by atoms with van der Waals surface area (Å²) in [6, 6.07) is 9.16. The van der Waals surface area contributed by atoms with Crippen LogP contribution in [0.5, 0.6) is 0 Å². The zero-order chi connectivity index (χ0) is 14.8. The van der Waals surface area contributed by atoms with E-state index in [1.807, 2.05) is 29.6 Å². The summed E-state index contributed by atoms with van der Waals surface area (Å²) in [6.07, 6.45) is 0. The van der Waals surface area contributed by atoms with Gasteiger partial charge in [0.2, 0.25) is 11.8 Å². The summed E-state index contributed by atoms with van der Waals surface area (Å²) in [4.78, 5) is 12.9. The fourth-order valence-electron chi connectivity index (χ4n) is 1.82. The van der Waals surface area contributed by atoms with Crippen LogP contribution in [0.15, 0.2) is 44.6 Å². The van der Waals surface area contributed by atoms with Gasteiger partial charge in [-0.15, -0.1) is 21.5 Å². The number of halogens is 1. The molecule has 0 aliphatic carbocycles. The van der Waals surface area contributed by atoms with E-state index in [1.165, 1.54) is 11.3 Å². The number of aryl methyl sites for hydroxylation is 1. The van der Waals surface area contributed by atoms with Crippen molar-refractivity contribution in [3.8, 4) is 11.5 Å². The van der Waals surface area contributed by atoms with Crippen LogP contribution in [0, 0.1) is 6.92 Å². The van der Waals surface area contributed by atoms with Gasteiger partial charge in [0.15, 0.2) is 0 Å². The molecule has 3 aromatic rings. The highest BCUT2D eigenvalue weighted by Gasteiger charge is 2.16. The first kappa shape index (κ1) is 14.0. The van der Waals surface area contributed by atoms with E-state index in [9.17, 15) is 4.79 Å². The summed E-state index contributed by atoms with van der Waals surface area (Å²) < 4.78 is 6.20. The van der Waals surface area contributed by atoms with Crippen LogP contribution < -0.4 is 5.32 Å². The summed E-state index contributed by atoms with van der Waals surface area (Å²) in [6.45, 7) is 1.72. The zero-order valence-corrected chi connectivity index (χ0v) is 13.4. The predicted octanol–water partition coefficient (Wildman–Crippen LogP) is 4.12. The van der Waals surface area contributed by atoms with Crippen LogP contribution in [0.3, 0.4) is 0 Å². The first-order valence-corrected chi connectivity index (χ1v) is 7.76. The molecule has 0 saturated heterocycles. The number of rotatable bonds is 3. The molecule has 0 saturated carbocycles. The molecule has 0 aliphatic heterocycles. The number of hydrogen-bond donors (Lipinski definition) is 1. The second-order valence-electron chi connectivity index (χ2n) is 4.22. The molecule has 106 valence electrons. The van der Waals surface area contributed by atoms with Crippen molar-refractivity contribution in [2.75, 3.05) is 5.32 Å². The molecule has 5 nitrogen and oxygen atoms in total. The third-order valence-electron chi connectivity index (χ3n) is 2.76. The lowest BCUT2D eigenvalue weighted by atomic mass is 10.1. The van der Waals surface area contributed by atoms with E-state index < -0.39 is 0 Å². The number of thiophene rings is 1. The minimum atomic E-state index is -0.180. The van der Waals surface area contributed by atoms with Gasteiger partial charge in [0, 0.05) is 11.4 Å². The van der Waals surface area contributed by atoms with Gasteiger partial charge < -0.3 is 9.73 Å². The van der Waals surface area contributed by atoms with Crippen molar-refractivity contribution in [3.05, 3.63) is 51.0 Å². The van der Waals surface area contributed by atoms with E-state index >= 15 is 0 Å². The van der Waals surface area contributed by atoms with Crippen LogP contribution in [-0.2, 0) is 0 Å². The van der Waals surface area contributed by atoms with Gasteiger partial charge in [-0.05, 0) is 39.5 Å². The second kappa shape index (κ2) is 5.79. The Bertz CT molecular complexity index is 797. The molecule has 0 atom stereocenters. The third kappa shape index (κ3) is 2.88. The number of hydrogen-bond acceptors (Lipinski definition) is 5. The average Bonchev–Trinajstić information content (AvgIpc) is 3.08. The molecular formula is C14H10BrN3O2S. The van der Waals surface area contributed by atoms with Crippen LogP contribution in [0.4, 0.5) is 5.69 Å². The standard InChI is InChI=1S/C14H10BrN3O2S/c1-8-17-18-14(20-8)9-4-2-3-5-11(9)16-13(19)12-10(15)6-7-21-12/h2-7H,1H3,(H,16,19). The fraction of sp³-hybridized carbons (Fsp3) is 0.0714. The van der Waals surface area contributed by atoms with E-state index in [-0.39, 0.29) is 5.91 Å². The largest absolute Gasteiger partial charge is 0.421 e. The molecule has 0 spiro atoms. The topological polar surface area (TPSA) is 68.0 Å². The second-order valence-corrected chi connectivity index (χ2v) is 5.99. The van der Waals surface area contributed by atoms with E-state index in [0.29, 0.717) is 27.9 Å². The van der Waals surface area contributed by atoms with Crippen molar-refractivity contribution in [2.45, 2.75) is 6.92 Å². The lowest BCUT2D eigenvalue weighted by Gasteiger charge is -2.07. The molecule has 0 bridgehead atoms. The lowest BCUT2D eigenvalue weighted by molar-refractivity contribution is 0.103. The number of carbonyl (C=O) groups excluding carboxylic acids is 1. The predicted molar refractivity (Wildman–Crippen MR) is 84.4 cm³/mol. The highest BCUT2D eigenvalue weighted by Crippen LogP contribution is 2.29. The molecule has 1 amide bonds. The highest BCUT2D eigenvalue weighted by atomic mass is 79.9. The normalized spacial score (nSPS) is 10.6. The Morgan fingerprint density at radius 3 is 2.76 bits per heavy atom. The Kier molecular flexibility index (Phi) is 3.85. The van der Waals surface area contributed by atoms with Crippen LogP contribution in [0.25, 0.3) is 11.5 Å². The van der Waals surface area contributed by atoms with E-state index in [4.69, 9.17) is 4.42 Å². The Morgan fingerprint density at radius 2 is 2.10 bits per heavy atom. The zero-order valence-electron chi connectivity index (χ0n) is 11.0. The van der Waals surface area contributed by atoms with E-state index in [2.05, 4.69) is 31.4 Å². The molecule has 0 fully saturated rings. The molecule has 0 aliphatic rings. The first-order valence-electron chi connectivity index (χ1n) is 6.09. The number of benzene rings is 1. The van der Waals surface area contributed by atoms with Crippen molar-refractivity contribution < 1.29 is 9.21 Å². The molecule has 7 heteroatoms. The summed E-state index contributed by atoms with van der Waals surface area (Å²) >= 11 is 4.73.